The van der Waals surface area contributed by atoms with Gasteiger partial charge in [0.25, 0.3) is 0 Å². The maximum absolute atomic E-state index is 13.0. The number of rotatable bonds is 52. The second-order valence-corrected chi connectivity index (χ2v) is 21.0. The van der Waals surface area contributed by atoms with E-state index in [1.165, 1.54) is 173 Å². The fourth-order valence-electron chi connectivity index (χ4n) is 9.41. The lowest BCUT2D eigenvalue weighted by molar-refractivity contribution is -0.302. The summed E-state index contributed by atoms with van der Waals surface area (Å²) >= 11 is 0. The number of hydrogen-bond donors (Lipinski definition) is 6. The molecule has 1 aliphatic heterocycles. The number of nitrogens with one attached hydrogen (secondary N) is 1. The number of amides is 1. The Morgan fingerprint density at radius 2 is 0.903 bits per heavy atom. The van der Waals surface area contributed by atoms with Gasteiger partial charge < -0.3 is 45.1 Å². The SMILES string of the molecule is CCCCC/C=C/CC/C=C/CC/C=C/C(O)C(COC1OC(CO)C(O)C(O)C1O)NC(=O)CCCCCCCCCCCCCCCCCCCCCCOC(=O)CCCCCCCCCCCCC. The van der Waals surface area contributed by atoms with Gasteiger partial charge in [0.1, 0.15) is 24.4 Å². The van der Waals surface area contributed by atoms with Gasteiger partial charge in [-0.3, -0.25) is 9.59 Å². The first-order valence-corrected chi connectivity index (χ1v) is 30.3. The van der Waals surface area contributed by atoms with Crippen molar-refractivity contribution < 1.29 is 49.3 Å². The molecule has 0 aromatic carbocycles. The van der Waals surface area contributed by atoms with Crippen molar-refractivity contribution in [2.45, 2.75) is 320 Å². The molecule has 0 spiro atoms. The highest BCUT2D eigenvalue weighted by molar-refractivity contribution is 5.76. The first-order valence-electron chi connectivity index (χ1n) is 30.3. The molecule has 7 unspecified atom stereocenters. The molecule has 1 heterocycles. The van der Waals surface area contributed by atoms with E-state index in [4.69, 9.17) is 14.2 Å². The van der Waals surface area contributed by atoms with E-state index in [0.29, 0.717) is 19.4 Å². The van der Waals surface area contributed by atoms with Gasteiger partial charge in [-0.1, -0.05) is 243 Å². The molecule has 1 aliphatic rings. The summed E-state index contributed by atoms with van der Waals surface area (Å²) < 4.78 is 16.7. The molecule has 1 fully saturated rings. The molecule has 1 rings (SSSR count). The predicted molar refractivity (Wildman–Crippen MR) is 297 cm³/mol. The molecule has 11 heteroatoms. The van der Waals surface area contributed by atoms with Gasteiger partial charge in [-0.05, 0) is 57.8 Å². The lowest BCUT2D eigenvalue weighted by Crippen LogP contribution is -2.60. The van der Waals surface area contributed by atoms with Crippen LogP contribution in [0, 0.1) is 0 Å². The minimum atomic E-state index is -1.58. The fourth-order valence-corrected chi connectivity index (χ4v) is 9.41. The number of allylic oxidation sites excluding steroid dienone is 5. The monoisotopic (exact) mass is 1020 g/mol. The van der Waals surface area contributed by atoms with E-state index in [1.807, 2.05) is 6.08 Å². The molecule has 11 nitrogen and oxygen atoms in total. The highest BCUT2D eigenvalue weighted by Crippen LogP contribution is 2.23. The van der Waals surface area contributed by atoms with Crippen LogP contribution in [0.4, 0.5) is 0 Å². The van der Waals surface area contributed by atoms with E-state index in [2.05, 4.69) is 43.5 Å². The Kier molecular flexibility index (Phi) is 48.1. The molecule has 1 saturated heterocycles. The van der Waals surface area contributed by atoms with Crippen molar-refractivity contribution in [2.24, 2.45) is 0 Å². The van der Waals surface area contributed by atoms with Crippen LogP contribution in [0.15, 0.2) is 36.5 Å². The molecular weight excluding hydrogens is 907 g/mol. The maximum atomic E-state index is 13.0. The summed E-state index contributed by atoms with van der Waals surface area (Å²) in [5.41, 5.74) is 0. The van der Waals surface area contributed by atoms with Crippen LogP contribution < -0.4 is 5.32 Å². The van der Waals surface area contributed by atoms with Crippen molar-refractivity contribution in [1.29, 1.82) is 0 Å². The lowest BCUT2D eigenvalue weighted by atomic mass is 9.99. The largest absolute Gasteiger partial charge is 0.466 e. The summed E-state index contributed by atoms with van der Waals surface area (Å²) in [4.78, 5) is 25.0. The van der Waals surface area contributed by atoms with Crippen molar-refractivity contribution in [3.63, 3.8) is 0 Å². The predicted octanol–water partition coefficient (Wildman–Crippen LogP) is 13.9. The number of carbonyl (C=O) groups is 2. The van der Waals surface area contributed by atoms with Gasteiger partial charge >= 0.3 is 5.97 Å². The zero-order chi connectivity index (χ0) is 52.4. The Balaban J connectivity index is 2.08. The summed E-state index contributed by atoms with van der Waals surface area (Å²) in [6, 6.07) is -0.836. The van der Waals surface area contributed by atoms with Crippen molar-refractivity contribution in [3.8, 4) is 0 Å². The zero-order valence-corrected chi connectivity index (χ0v) is 46.4. The minimum Gasteiger partial charge on any atom is -0.466 e. The molecular formula is C61H113NO10. The molecule has 7 atom stereocenters. The number of aliphatic hydroxyl groups is 5. The van der Waals surface area contributed by atoms with Crippen LogP contribution in [0.25, 0.3) is 0 Å². The molecule has 422 valence electrons. The number of ether oxygens (including phenoxy) is 3. The summed E-state index contributed by atoms with van der Waals surface area (Å²) in [6.45, 7) is 4.29. The van der Waals surface area contributed by atoms with Gasteiger partial charge in [-0.15, -0.1) is 0 Å². The zero-order valence-electron chi connectivity index (χ0n) is 46.4. The van der Waals surface area contributed by atoms with E-state index >= 15 is 0 Å². The van der Waals surface area contributed by atoms with Crippen molar-refractivity contribution in [1.82, 2.24) is 5.32 Å². The molecule has 6 N–H and O–H groups in total. The van der Waals surface area contributed by atoms with Gasteiger partial charge in [-0.25, -0.2) is 0 Å². The standard InChI is InChI=1S/C61H113NO10/c1-3-5-7-9-11-13-15-24-28-31-35-39-43-47-54(64)53(52-71-61-60(69)59(68)58(67)55(51-63)72-61)62-56(65)48-44-40-36-32-29-25-22-20-18-16-17-19-21-23-26-30-34-38-42-46-50-70-57(66)49-45-41-37-33-27-14-12-10-8-6-4-2/h11,13,28,31,43,47,53-55,58-61,63-64,67-69H,3-10,12,14-27,29-30,32-42,44-46,48-52H2,1-2H3,(H,62,65)/b13-11+,31-28+,47-43+. The van der Waals surface area contributed by atoms with Crippen LogP contribution in [0.5, 0.6) is 0 Å². The van der Waals surface area contributed by atoms with Crippen LogP contribution in [0.3, 0.4) is 0 Å². The minimum absolute atomic E-state index is 0.00469. The van der Waals surface area contributed by atoms with Crippen LogP contribution in [-0.2, 0) is 23.8 Å². The fraction of sp³-hybridized carbons (Fsp3) is 0.869. The first-order chi connectivity index (χ1) is 35.2. The van der Waals surface area contributed by atoms with Crippen LogP contribution in [-0.4, -0.2) is 100 Å². The van der Waals surface area contributed by atoms with E-state index in [0.717, 1.165) is 77.0 Å². The quantitative estimate of drug-likeness (QED) is 0.0195. The molecule has 72 heavy (non-hydrogen) atoms. The second kappa shape index (κ2) is 51.0. The van der Waals surface area contributed by atoms with Crippen LogP contribution in [0.2, 0.25) is 0 Å². The molecule has 0 aromatic rings. The van der Waals surface area contributed by atoms with Gasteiger partial charge in [0, 0.05) is 12.8 Å². The van der Waals surface area contributed by atoms with Crippen LogP contribution in [0.1, 0.15) is 277 Å². The van der Waals surface area contributed by atoms with Crippen molar-refractivity contribution in [3.05, 3.63) is 36.5 Å². The van der Waals surface area contributed by atoms with E-state index in [-0.39, 0.29) is 18.5 Å². The Hall–Kier alpha value is -2.12. The Morgan fingerprint density at radius 1 is 0.500 bits per heavy atom. The second-order valence-electron chi connectivity index (χ2n) is 21.0. The van der Waals surface area contributed by atoms with Gasteiger partial charge in [0.05, 0.1) is 32.0 Å². The highest BCUT2D eigenvalue weighted by atomic mass is 16.7. The van der Waals surface area contributed by atoms with E-state index in [1.54, 1.807) is 6.08 Å². The smallest absolute Gasteiger partial charge is 0.305 e. The van der Waals surface area contributed by atoms with Crippen molar-refractivity contribution in [2.75, 3.05) is 19.8 Å². The number of esters is 1. The Bertz CT molecular complexity index is 1290. The molecule has 0 aliphatic carbocycles. The molecule has 0 radical (unpaired) electrons. The average Bonchev–Trinajstić information content (AvgIpc) is 3.38. The third kappa shape index (κ3) is 40.2. The maximum Gasteiger partial charge on any atom is 0.305 e. The highest BCUT2D eigenvalue weighted by Gasteiger charge is 2.44. The Morgan fingerprint density at radius 3 is 1.38 bits per heavy atom. The number of aliphatic hydroxyl groups excluding tert-OH is 5. The number of unbranched alkanes of at least 4 members (excludes halogenated alkanes) is 34. The van der Waals surface area contributed by atoms with Crippen molar-refractivity contribution >= 4 is 11.9 Å². The lowest BCUT2D eigenvalue weighted by Gasteiger charge is -2.40. The van der Waals surface area contributed by atoms with Gasteiger partial charge in [-0.2, -0.15) is 0 Å². The van der Waals surface area contributed by atoms with Gasteiger partial charge in [0.2, 0.25) is 5.91 Å². The summed E-state index contributed by atoms with van der Waals surface area (Å²) in [7, 11) is 0. The van der Waals surface area contributed by atoms with E-state index in [9.17, 15) is 35.1 Å². The average molecular weight is 1020 g/mol. The third-order valence-electron chi connectivity index (χ3n) is 14.2. The normalized spacial score (nSPS) is 19.2. The number of hydrogen-bond acceptors (Lipinski definition) is 10. The first kappa shape index (κ1) is 67.9. The van der Waals surface area contributed by atoms with Crippen LogP contribution >= 0.6 is 0 Å². The topological polar surface area (TPSA) is 175 Å². The van der Waals surface area contributed by atoms with Gasteiger partial charge in [0.15, 0.2) is 6.29 Å². The Labute approximate surface area is 441 Å². The van der Waals surface area contributed by atoms with E-state index < -0.39 is 49.5 Å². The molecule has 0 saturated carbocycles. The third-order valence-corrected chi connectivity index (χ3v) is 14.2. The molecule has 0 bridgehead atoms. The number of carbonyl (C=O) groups excluding carboxylic acids is 2. The molecule has 0 aromatic heterocycles. The summed E-state index contributed by atoms with van der Waals surface area (Å²) in [6.07, 6.45) is 52.4. The molecule has 1 amide bonds. The summed E-state index contributed by atoms with van der Waals surface area (Å²) in [5, 5.41) is 54.3. The summed E-state index contributed by atoms with van der Waals surface area (Å²) in [5.74, 6) is -0.203.